The fourth-order valence-electron chi connectivity index (χ4n) is 2.13. The monoisotopic (exact) mass is 276 g/mol. The van der Waals surface area contributed by atoms with Gasteiger partial charge in [-0.15, -0.1) is 0 Å². The van der Waals surface area contributed by atoms with Crippen LogP contribution in [-0.2, 0) is 0 Å². The molecular weight excluding hydrogens is 264 g/mol. The number of hydrogen-bond acceptors (Lipinski definition) is 3. The van der Waals surface area contributed by atoms with Crippen LogP contribution in [0.3, 0.4) is 0 Å². The molecule has 3 rings (SSSR count). The van der Waals surface area contributed by atoms with Crippen LogP contribution in [0.2, 0.25) is 0 Å². The largest absolute Gasteiger partial charge is 0.455 e. The fourth-order valence-corrected chi connectivity index (χ4v) is 2.13. The molecule has 1 aromatic heterocycles. The van der Waals surface area contributed by atoms with E-state index in [0.29, 0.717) is 22.4 Å². The van der Waals surface area contributed by atoms with Crippen molar-refractivity contribution in [3.63, 3.8) is 0 Å². The molecule has 0 bridgehead atoms. The highest BCUT2D eigenvalue weighted by atomic mass is 16.5. The topological polar surface area (TPSA) is 65.9 Å². The van der Waals surface area contributed by atoms with E-state index in [0.717, 1.165) is 5.56 Å². The SMILES string of the molecule is Cc1ccc(Oc2cccc3c(=O)c(C#N)c[nH]c23)cc1. The summed E-state index contributed by atoms with van der Waals surface area (Å²) in [7, 11) is 0. The number of aromatic nitrogens is 1. The zero-order chi connectivity index (χ0) is 14.8. The van der Waals surface area contributed by atoms with E-state index >= 15 is 0 Å². The second kappa shape index (κ2) is 5.14. The third-order valence-corrected chi connectivity index (χ3v) is 3.25. The summed E-state index contributed by atoms with van der Waals surface area (Å²) in [6, 6.07) is 14.7. The first-order valence-corrected chi connectivity index (χ1v) is 6.48. The van der Waals surface area contributed by atoms with Crippen molar-refractivity contribution < 1.29 is 4.74 Å². The van der Waals surface area contributed by atoms with Crippen LogP contribution >= 0.6 is 0 Å². The van der Waals surface area contributed by atoms with Crippen LogP contribution < -0.4 is 10.2 Å². The number of pyridine rings is 1. The Morgan fingerprint density at radius 1 is 1.14 bits per heavy atom. The van der Waals surface area contributed by atoms with E-state index in [4.69, 9.17) is 10.00 Å². The van der Waals surface area contributed by atoms with Crippen LogP contribution in [0.15, 0.2) is 53.5 Å². The minimum absolute atomic E-state index is 0.0926. The van der Waals surface area contributed by atoms with Gasteiger partial charge in [-0.05, 0) is 31.2 Å². The number of fused-ring (bicyclic) bond motifs is 1. The number of nitrogens with one attached hydrogen (secondary N) is 1. The molecule has 0 amide bonds. The van der Waals surface area contributed by atoms with Crippen molar-refractivity contribution in [2.75, 3.05) is 0 Å². The number of ether oxygens (including phenoxy) is 1. The average molecular weight is 276 g/mol. The Morgan fingerprint density at radius 3 is 2.62 bits per heavy atom. The van der Waals surface area contributed by atoms with E-state index in [1.165, 1.54) is 6.20 Å². The average Bonchev–Trinajstić information content (AvgIpc) is 2.51. The van der Waals surface area contributed by atoms with Crippen LogP contribution in [0, 0.1) is 18.3 Å². The molecule has 0 aliphatic rings. The molecule has 21 heavy (non-hydrogen) atoms. The Morgan fingerprint density at radius 2 is 1.90 bits per heavy atom. The number of para-hydroxylation sites is 1. The van der Waals surface area contributed by atoms with Gasteiger partial charge in [-0.25, -0.2) is 0 Å². The zero-order valence-corrected chi connectivity index (χ0v) is 11.4. The summed E-state index contributed by atoms with van der Waals surface area (Å²) in [5, 5.41) is 9.35. The van der Waals surface area contributed by atoms with Crippen molar-refractivity contribution in [1.29, 1.82) is 5.26 Å². The predicted molar refractivity (Wildman–Crippen MR) is 80.5 cm³/mol. The number of aryl methyl sites for hydroxylation is 1. The molecule has 0 aliphatic carbocycles. The molecule has 0 fully saturated rings. The van der Waals surface area contributed by atoms with Crippen LogP contribution in [0.25, 0.3) is 10.9 Å². The van der Waals surface area contributed by atoms with Gasteiger partial charge >= 0.3 is 0 Å². The Labute approximate surface area is 121 Å². The smallest absolute Gasteiger partial charge is 0.207 e. The molecule has 0 radical (unpaired) electrons. The van der Waals surface area contributed by atoms with Crippen molar-refractivity contribution in [1.82, 2.24) is 4.98 Å². The molecule has 102 valence electrons. The van der Waals surface area contributed by atoms with Gasteiger partial charge in [0, 0.05) is 6.20 Å². The van der Waals surface area contributed by atoms with Crippen molar-refractivity contribution in [3.05, 3.63) is 70.0 Å². The van der Waals surface area contributed by atoms with Gasteiger partial charge in [-0.2, -0.15) is 5.26 Å². The van der Waals surface area contributed by atoms with Crippen molar-refractivity contribution in [2.24, 2.45) is 0 Å². The Balaban J connectivity index is 2.12. The molecule has 0 aliphatic heterocycles. The Hall–Kier alpha value is -3.06. The summed E-state index contributed by atoms with van der Waals surface area (Å²) in [5.41, 5.74) is 1.53. The first-order chi connectivity index (χ1) is 10.2. The number of hydrogen-bond donors (Lipinski definition) is 1. The van der Waals surface area contributed by atoms with E-state index in [-0.39, 0.29) is 11.0 Å². The number of aromatic amines is 1. The highest BCUT2D eigenvalue weighted by molar-refractivity contribution is 5.85. The molecule has 0 spiro atoms. The number of benzene rings is 2. The number of nitriles is 1. The summed E-state index contributed by atoms with van der Waals surface area (Å²) < 4.78 is 5.82. The molecule has 3 aromatic rings. The molecule has 1 heterocycles. The van der Waals surface area contributed by atoms with Crippen LogP contribution in [-0.4, -0.2) is 4.98 Å². The van der Waals surface area contributed by atoms with Gasteiger partial charge in [0.2, 0.25) is 5.43 Å². The summed E-state index contributed by atoms with van der Waals surface area (Å²) >= 11 is 0. The van der Waals surface area contributed by atoms with E-state index in [1.807, 2.05) is 37.3 Å². The lowest BCUT2D eigenvalue weighted by Crippen LogP contribution is -2.07. The van der Waals surface area contributed by atoms with Gasteiger partial charge in [0.1, 0.15) is 17.4 Å². The number of rotatable bonds is 2. The lowest BCUT2D eigenvalue weighted by atomic mass is 10.1. The summed E-state index contributed by atoms with van der Waals surface area (Å²) in [5.74, 6) is 1.25. The molecule has 1 N–H and O–H groups in total. The van der Waals surface area contributed by atoms with Gasteiger partial charge in [-0.1, -0.05) is 23.8 Å². The van der Waals surface area contributed by atoms with Gasteiger partial charge < -0.3 is 9.72 Å². The highest BCUT2D eigenvalue weighted by Crippen LogP contribution is 2.27. The lowest BCUT2D eigenvalue weighted by Gasteiger charge is -2.09. The lowest BCUT2D eigenvalue weighted by molar-refractivity contribution is 0.487. The van der Waals surface area contributed by atoms with Gasteiger partial charge in [0.05, 0.1) is 10.9 Å². The van der Waals surface area contributed by atoms with Crippen LogP contribution in [0.1, 0.15) is 11.1 Å². The maximum atomic E-state index is 12.1. The second-order valence-corrected chi connectivity index (χ2v) is 4.74. The molecule has 0 saturated heterocycles. The second-order valence-electron chi connectivity index (χ2n) is 4.74. The van der Waals surface area contributed by atoms with Crippen molar-refractivity contribution >= 4 is 10.9 Å². The maximum absolute atomic E-state index is 12.1. The molecule has 2 aromatic carbocycles. The Kier molecular flexibility index (Phi) is 3.17. The number of H-pyrrole nitrogens is 1. The molecule has 0 unspecified atom stereocenters. The summed E-state index contributed by atoms with van der Waals surface area (Å²) in [6.07, 6.45) is 1.41. The molecular formula is C17H12N2O2. The highest BCUT2D eigenvalue weighted by Gasteiger charge is 2.09. The van der Waals surface area contributed by atoms with Gasteiger partial charge in [0.25, 0.3) is 0 Å². The predicted octanol–water partition coefficient (Wildman–Crippen LogP) is 3.50. The van der Waals surface area contributed by atoms with Crippen molar-refractivity contribution in [2.45, 2.75) is 6.92 Å². The van der Waals surface area contributed by atoms with E-state index in [9.17, 15) is 4.79 Å². The van der Waals surface area contributed by atoms with Crippen LogP contribution in [0.4, 0.5) is 0 Å². The molecule has 0 atom stereocenters. The zero-order valence-electron chi connectivity index (χ0n) is 11.4. The third kappa shape index (κ3) is 2.37. The molecule has 4 nitrogen and oxygen atoms in total. The quantitative estimate of drug-likeness (QED) is 0.779. The first-order valence-electron chi connectivity index (χ1n) is 6.48. The van der Waals surface area contributed by atoms with Crippen molar-refractivity contribution in [3.8, 4) is 17.6 Å². The minimum atomic E-state index is -0.291. The van der Waals surface area contributed by atoms with Gasteiger partial charge in [-0.3, -0.25) is 4.79 Å². The maximum Gasteiger partial charge on any atom is 0.207 e. The van der Waals surface area contributed by atoms with Gasteiger partial charge in [0.15, 0.2) is 5.75 Å². The molecule has 4 heteroatoms. The van der Waals surface area contributed by atoms with E-state index < -0.39 is 0 Å². The minimum Gasteiger partial charge on any atom is -0.455 e. The van der Waals surface area contributed by atoms with E-state index in [1.54, 1.807) is 18.2 Å². The Bertz CT molecular complexity index is 903. The fraction of sp³-hybridized carbons (Fsp3) is 0.0588. The van der Waals surface area contributed by atoms with Crippen LogP contribution in [0.5, 0.6) is 11.5 Å². The molecule has 0 saturated carbocycles. The third-order valence-electron chi connectivity index (χ3n) is 3.25. The first kappa shape index (κ1) is 12.9. The summed E-state index contributed by atoms with van der Waals surface area (Å²) in [6.45, 7) is 2.00. The standard InChI is InChI=1S/C17H12N2O2/c1-11-5-7-13(8-6-11)21-15-4-2-3-14-16(15)19-10-12(9-18)17(14)20/h2-8,10H,1H3,(H,19,20). The van der Waals surface area contributed by atoms with E-state index in [2.05, 4.69) is 4.98 Å². The normalized spacial score (nSPS) is 10.3. The number of nitrogens with zero attached hydrogens (tertiary/aromatic N) is 1. The summed E-state index contributed by atoms with van der Waals surface area (Å²) in [4.78, 5) is 15.1.